The molecular formula is C36H30FIrN2O-. The summed E-state index contributed by atoms with van der Waals surface area (Å²) < 4.78 is 53.7. The van der Waals surface area contributed by atoms with Crippen molar-refractivity contribution in [2.24, 2.45) is 0 Å². The Balaban J connectivity index is 0.000000268. The number of aryl methyl sites for hydroxylation is 4. The summed E-state index contributed by atoms with van der Waals surface area (Å²) in [5.74, 6) is -0.353. The minimum absolute atomic E-state index is 0. The first-order valence-corrected chi connectivity index (χ1v) is 12.8. The van der Waals surface area contributed by atoms with Crippen LogP contribution in [0, 0.1) is 39.6 Å². The Kier molecular flexibility index (Phi) is 7.45. The summed E-state index contributed by atoms with van der Waals surface area (Å²) in [6.07, 6.45) is 3.34. The van der Waals surface area contributed by atoms with Gasteiger partial charge >= 0.3 is 0 Å². The minimum atomic E-state index is -0.386. The Labute approximate surface area is 261 Å². The number of rotatable bonds is 3. The third kappa shape index (κ3) is 6.59. The number of phenolic OH excluding ortho intramolecular Hbond substituents is 1. The van der Waals surface area contributed by atoms with E-state index in [1.807, 2.05) is 39.8 Å². The normalized spacial score (nSPS) is 12.2. The largest absolute Gasteiger partial charge is 0.507 e. The van der Waals surface area contributed by atoms with E-state index in [4.69, 9.17) is 6.85 Å². The fourth-order valence-electron chi connectivity index (χ4n) is 4.90. The standard InChI is InChI=1S/C25H22N.C11H8FNO.Ir/c1-16-12-17(2)14-21(13-16)25-23-15-18(3)24(20-8-6-5-7-9-20)19(4)22(23)10-11-26-25;12-8-4-5-11(14)9(7-8)10-3-1-2-6-13-10;/h5-13,15H,1-4H3;1-7,14H;/q-1;;/i5D,6D,7D,8D,9D;;. The molecular weight excluding hydrogens is 688 g/mol. The maximum Gasteiger partial charge on any atom is 0.125 e. The predicted octanol–water partition coefficient (Wildman–Crippen LogP) is 9.19. The van der Waals surface area contributed by atoms with E-state index in [9.17, 15) is 9.50 Å². The number of aromatic nitrogens is 2. The molecule has 0 spiro atoms. The molecule has 0 aliphatic heterocycles. The molecule has 0 amide bonds. The molecule has 1 radical (unpaired) electrons. The van der Waals surface area contributed by atoms with Crippen LogP contribution < -0.4 is 0 Å². The van der Waals surface area contributed by atoms with Crippen LogP contribution in [0.25, 0.3) is 44.4 Å². The van der Waals surface area contributed by atoms with Gasteiger partial charge in [0.1, 0.15) is 11.6 Å². The van der Waals surface area contributed by atoms with Crippen LogP contribution in [0.2, 0.25) is 0 Å². The topological polar surface area (TPSA) is 46.0 Å². The van der Waals surface area contributed by atoms with Crippen LogP contribution in [0.3, 0.4) is 0 Å². The molecule has 41 heavy (non-hydrogen) atoms. The van der Waals surface area contributed by atoms with Crippen molar-refractivity contribution in [2.45, 2.75) is 27.7 Å². The third-order valence-electron chi connectivity index (χ3n) is 6.58. The molecule has 1 N–H and O–H groups in total. The first-order chi connectivity index (χ1) is 21.4. The van der Waals surface area contributed by atoms with Crippen LogP contribution in [0.15, 0.2) is 103 Å². The number of fused-ring (bicyclic) bond motifs is 1. The van der Waals surface area contributed by atoms with Crippen LogP contribution in [0.5, 0.6) is 5.75 Å². The Morgan fingerprint density at radius 2 is 1.61 bits per heavy atom. The van der Waals surface area contributed by atoms with Crippen LogP contribution in [0.4, 0.5) is 4.39 Å². The zero-order chi connectivity index (χ0) is 32.6. The number of pyridine rings is 2. The third-order valence-corrected chi connectivity index (χ3v) is 6.58. The number of aromatic hydroxyl groups is 1. The number of halogens is 1. The van der Waals surface area contributed by atoms with Crippen molar-refractivity contribution in [1.29, 1.82) is 0 Å². The van der Waals surface area contributed by atoms with E-state index in [-0.39, 0.29) is 67.4 Å². The van der Waals surface area contributed by atoms with Gasteiger partial charge in [0, 0.05) is 38.1 Å². The van der Waals surface area contributed by atoms with Crippen molar-refractivity contribution in [3.63, 3.8) is 0 Å². The van der Waals surface area contributed by atoms with Gasteiger partial charge in [0.25, 0.3) is 0 Å². The Morgan fingerprint density at radius 3 is 2.32 bits per heavy atom. The van der Waals surface area contributed by atoms with Crippen molar-refractivity contribution < 1.29 is 36.5 Å². The summed E-state index contributed by atoms with van der Waals surface area (Å²) in [4.78, 5) is 8.65. The molecule has 0 saturated heterocycles. The SMILES string of the molecule is Oc1ccc(F)cc1-c1ccccn1.[2H]c1c([2H])c([2H])c(-c2c(C)cc3c(-c4[c-]c(C)cc(C)c4)nccc3c2C)c([2H])c1[2H].[Ir]. The Morgan fingerprint density at radius 1 is 0.829 bits per heavy atom. The molecule has 207 valence electrons. The smallest absolute Gasteiger partial charge is 0.125 e. The summed E-state index contributed by atoms with van der Waals surface area (Å²) in [7, 11) is 0. The average Bonchev–Trinajstić information content (AvgIpc) is 3.02. The molecule has 0 unspecified atom stereocenters. The molecule has 6 rings (SSSR count). The van der Waals surface area contributed by atoms with Crippen molar-refractivity contribution in [3.05, 3.63) is 137 Å². The Hall–Kier alpha value is -4.18. The fourth-order valence-corrected chi connectivity index (χ4v) is 4.90. The first kappa shape index (κ1) is 23.5. The zero-order valence-electron chi connectivity index (χ0n) is 28.0. The summed E-state index contributed by atoms with van der Waals surface area (Å²) in [6.45, 7) is 7.89. The quantitative estimate of drug-likeness (QED) is 0.186. The van der Waals surface area contributed by atoms with Crippen LogP contribution in [-0.4, -0.2) is 15.1 Å². The van der Waals surface area contributed by atoms with Crippen molar-refractivity contribution in [2.75, 3.05) is 0 Å². The first-order valence-electron chi connectivity index (χ1n) is 15.3. The van der Waals surface area contributed by atoms with Crippen molar-refractivity contribution in [1.82, 2.24) is 9.97 Å². The molecule has 3 nitrogen and oxygen atoms in total. The van der Waals surface area contributed by atoms with Crippen LogP contribution >= 0.6 is 0 Å². The van der Waals surface area contributed by atoms with E-state index in [0.29, 0.717) is 16.8 Å². The molecule has 0 atom stereocenters. The van der Waals surface area contributed by atoms with Crippen LogP contribution in [-0.2, 0) is 20.1 Å². The number of hydrogen-bond donors (Lipinski definition) is 1. The van der Waals surface area contributed by atoms with Gasteiger partial charge in [-0.15, -0.1) is 34.9 Å². The van der Waals surface area contributed by atoms with E-state index in [2.05, 4.69) is 28.2 Å². The monoisotopic (exact) mass is 723 g/mol. The number of phenols is 1. The van der Waals surface area contributed by atoms with Gasteiger partial charge < -0.3 is 10.1 Å². The average molecular weight is 723 g/mol. The van der Waals surface area contributed by atoms with Crippen molar-refractivity contribution >= 4 is 10.8 Å². The second-order valence-corrected chi connectivity index (χ2v) is 9.58. The molecule has 0 aliphatic carbocycles. The molecule has 0 aliphatic rings. The molecule has 2 aromatic heterocycles. The molecule has 5 heteroatoms. The summed E-state index contributed by atoms with van der Waals surface area (Å²) in [5.41, 5.74) is 7.48. The molecule has 6 aromatic rings. The number of benzene rings is 4. The van der Waals surface area contributed by atoms with E-state index in [1.165, 1.54) is 18.2 Å². The molecule has 0 fully saturated rings. The maximum atomic E-state index is 12.9. The fraction of sp³-hybridized carbons (Fsp3) is 0.111. The predicted molar refractivity (Wildman–Crippen MR) is 162 cm³/mol. The van der Waals surface area contributed by atoms with Gasteiger partial charge in [0.2, 0.25) is 0 Å². The summed E-state index contributed by atoms with van der Waals surface area (Å²) >= 11 is 0. The molecule has 2 heterocycles. The van der Waals surface area contributed by atoms with E-state index >= 15 is 0 Å². The molecule has 0 bridgehead atoms. The van der Waals surface area contributed by atoms with E-state index in [0.717, 1.165) is 44.3 Å². The summed E-state index contributed by atoms with van der Waals surface area (Å²) in [6, 6.07) is 19.1. The Bertz CT molecular complexity index is 2040. The summed E-state index contributed by atoms with van der Waals surface area (Å²) in [5, 5.41) is 11.4. The maximum absolute atomic E-state index is 12.9. The van der Waals surface area contributed by atoms with E-state index < -0.39 is 0 Å². The van der Waals surface area contributed by atoms with Gasteiger partial charge in [-0.25, -0.2) is 4.39 Å². The van der Waals surface area contributed by atoms with Crippen LogP contribution in [0.1, 0.15) is 29.1 Å². The molecule has 0 saturated carbocycles. The van der Waals surface area contributed by atoms with Crippen molar-refractivity contribution in [3.8, 4) is 39.4 Å². The second-order valence-electron chi connectivity index (χ2n) is 9.58. The van der Waals surface area contributed by atoms with Gasteiger partial charge in [-0.1, -0.05) is 56.2 Å². The molecule has 4 aromatic carbocycles. The van der Waals surface area contributed by atoms with Gasteiger partial charge in [0.05, 0.1) is 12.5 Å². The second kappa shape index (κ2) is 13.0. The van der Waals surface area contributed by atoms with E-state index in [1.54, 1.807) is 30.6 Å². The number of nitrogens with zero attached hydrogens (tertiary/aromatic N) is 2. The van der Waals surface area contributed by atoms with Gasteiger partial charge in [-0.2, -0.15) is 0 Å². The number of hydrogen-bond acceptors (Lipinski definition) is 3. The van der Waals surface area contributed by atoms with Gasteiger partial charge in [-0.05, 0) is 89.0 Å². The minimum Gasteiger partial charge on any atom is -0.507 e. The van der Waals surface area contributed by atoms with Gasteiger partial charge in [-0.3, -0.25) is 4.98 Å². The van der Waals surface area contributed by atoms with Gasteiger partial charge in [0.15, 0.2) is 0 Å². The zero-order valence-corrected chi connectivity index (χ0v) is 25.4.